The molecule has 0 saturated carbocycles. The summed E-state index contributed by atoms with van der Waals surface area (Å²) in [7, 11) is 0. The van der Waals surface area contributed by atoms with E-state index in [-0.39, 0.29) is 5.82 Å². The summed E-state index contributed by atoms with van der Waals surface area (Å²) in [6.07, 6.45) is 0.939. The molecule has 0 aliphatic carbocycles. The van der Waals surface area contributed by atoms with Crippen LogP contribution in [-0.2, 0) is 13.0 Å². The van der Waals surface area contributed by atoms with Gasteiger partial charge in [0.25, 0.3) is 0 Å². The molecule has 0 amide bonds. The minimum absolute atomic E-state index is 0.154. The molecule has 3 heteroatoms. The van der Waals surface area contributed by atoms with Crippen molar-refractivity contribution in [3.8, 4) is 0 Å². The molecule has 0 unspecified atom stereocenters. The Morgan fingerprint density at radius 1 is 1.11 bits per heavy atom. The van der Waals surface area contributed by atoms with Gasteiger partial charge in [-0.3, -0.25) is 0 Å². The molecule has 1 aromatic carbocycles. The van der Waals surface area contributed by atoms with Crippen molar-refractivity contribution in [1.29, 1.82) is 0 Å². The molecule has 0 bridgehead atoms. The van der Waals surface area contributed by atoms with E-state index in [1.807, 2.05) is 24.3 Å². The SMILES string of the molecule is Cc1cc(CNCCc2ccc(F)cc2C)c(C)s1. The van der Waals surface area contributed by atoms with Crippen molar-refractivity contribution in [3.63, 3.8) is 0 Å². The normalized spacial score (nSPS) is 10.9. The monoisotopic (exact) mass is 277 g/mol. The minimum Gasteiger partial charge on any atom is -0.312 e. The molecule has 1 N–H and O–H groups in total. The Hall–Kier alpha value is -1.19. The van der Waals surface area contributed by atoms with E-state index < -0.39 is 0 Å². The highest BCUT2D eigenvalue weighted by Gasteiger charge is 2.03. The fourth-order valence-electron chi connectivity index (χ4n) is 2.24. The van der Waals surface area contributed by atoms with E-state index in [4.69, 9.17) is 0 Å². The molecule has 0 aliphatic heterocycles. The van der Waals surface area contributed by atoms with Crippen LogP contribution in [0.3, 0.4) is 0 Å². The molecule has 2 rings (SSSR count). The molecule has 102 valence electrons. The van der Waals surface area contributed by atoms with Crippen molar-refractivity contribution in [2.45, 2.75) is 33.7 Å². The molecule has 19 heavy (non-hydrogen) atoms. The van der Waals surface area contributed by atoms with Gasteiger partial charge in [0.1, 0.15) is 5.82 Å². The third-order valence-electron chi connectivity index (χ3n) is 3.33. The summed E-state index contributed by atoms with van der Waals surface area (Å²) in [5.74, 6) is -0.154. The molecular formula is C16H20FNS. The number of nitrogens with one attached hydrogen (secondary N) is 1. The number of halogens is 1. The fraction of sp³-hybridized carbons (Fsp3) is 0.375. The van der Waals surface area contributed by atoms with Crippen LogP contribution in [0.4, 0.5) is 4.39 Å². The lowest BCUT2D eigenvalue weighted by Gasteiger charge is -2.07. The zero-order valence-electron chi connectivity index (χ0n) is 11.7. The van der Waals surface area contributed by atoms with Gasteiger partial charge in [-0.05, 0) is 68.6 Å². The quantitative estimate of drug-likeness (QED) is 0.810. The van der Waals surface area contributed by atoms with E-state index in [0.717, 1.165) is 25.1 Å². The summed E-state index contributed by atoms with van der Waals surface area (Å²) < 4.78 is 13.0. The largest absolute Gasteiger partial charge is 0.312 e. The Bertz CT molecular complexity index is 560. The molecular weight excluding hydrogens is 257 g/mol. The maximum atomic E-state index is 13.0. The lowest BCUT2D eigenvalue weighted by Crippen LogP contribution is -2.17. The second kappa shape index (κ2) is 6.31. The number of rotatable bonds is 5. The van der Waals surface area contributed by atoms with Gasteiger partial charge in [0.15, 0.2) is 0 Å². The van der Waals surface area contributed by atoms with Crippen LogP contribution in [0.15, 0.2) is 24.3 Å². The van der Waals surface area contributed by atoms with Crippen LogP contribution in [0.25, 0.3) is 0 Å². The van der Waals surface area contributed by atoms with E-state index >= 15 is 0 Å². The summed E-state index contributed by atoms with van der Waals surface area (Å²) in [6, 6.07) is 7.26. The first-order chi connectivity index (χ1) is 9.06. The number of hydrogen-bond acceptors (Lipinski definition) is 2. The lowest BCUT2D eigenvalue weighted by atomic mass is 10.1. The highest BCUT2D eigenvalue weighted by molar-refractivity contribution is 7.12. The number of thiophene rings is 1. The van der Waals surface area contributed by atoms with Crippen molar-refractivity contribution < 1.29 is 4.39 Å². The molecule has 0 radical (unpaired) electrons. The summed E-state index contributed by atoms with van der Waals surface area (Å²) in [5, 5.41) is 3.46. The number of hydrogen-bond donors (Lipinski definition) is 1. The van der Waals surface area contributed by atoms with Gasteiger partial charge in [-0.2, -0.15) is 0 Å². The van der Waals surface area contributed by atoms with E-state index in [1.165, 1.54) is 26.9 Å². The first-order valence-corrected chi connectivity index (χ1v) is 7.39. The van der Waals surface area contributed by atoms with E-state index in [0.29, 0.717) is 0 Å². The number of benzene rings is 1. The van der Waals surface area contributed by atoms with Crippen molar-refractivity contribution in [1.82, 2.24) is 5.32 Å². The molecule has 2 aromatic rings. The summed E-state index contributed by atoms with van der Waals surface area (Å²) in [6.45, 7) is 8.10. The van der Waals surface area contributed by atoms with Crippen molar-refractivity contribution in [2.24, 2.45) is 0 Å². The fourth-order valence-corrected chi connectivity index (χ4v) is 3.19. The summed E-state index contributed by atoms with van der Waals surface area (Å²) in [5.41, 5.74) is 3.63. The number of aryl methyl sites for hydroxylation is 3. The summed E-state index contributed by atoms with van der Waals surface area (Å²) >= 11 is 1.85. The van der Waals surface area contributed by atoms with Gasteiger partial charge in [-0.15, -0.1) is 11.3 Å². The second-order valence-corrected chi connectivity index (χ2v) is 6.40. The van der Waals surface area contributed by atoms with Gasteiger partial charge in [0, 0.05) is 16.3 Å². The molecule has 1 aromatic heterocycles. The van der Waals surface area contributed by atoms with Crippen molar-refractivity contribution in [2.75, 3.05) is 6.54 Å². The van der Waals surface area contributed by atoms with E-state index in [1.54, 1.807) is 6.07 Å². The van der Waals surface area contributed by atoms with Crippen LogP contribution in [0.2, 0.25) is 0 Å². The van der Waals surface area contributed by atoms with Crippen molar-refractivity contribution >= 4 is 11.3 Å². The second-order valence-electron chi connectivity index (χ2n) is 4.94. The van der Waals surface area contributed by atoms with Gasteiger partial charge in [0.2, 0.25) is 0 Å². The highest BCUT2D eigenvalue weighted by Crippen LogP contribution is 2.20. The maximum absolute atomic E-state index is 13.0. The zero-order valence-corrected chi connectivity index (χ0v) is 12.5. The Kier molecular flexibility index (Phi) is 4.72. The smallest absolute Gasteiger partial charge is 0.123 e. The molecule has 0 atom stereocenters. The average molecular weight is 277 g/mol. The third-order valence-corrected chi connectivity index (χ3v) is 4.34. The van der Waals surface area contributed by atoms with Crippen LogP contribution in [0.1, 0.15) is 26.4 Å². The first-order valence-electron chi connectivity index (χ1n) is 6.58. The van der Waals surface area contributed by atoms with Gasteiger partial charge in [-0.25, -0.2) is 4.39 Å². The van der Waals surface area contributed by atoms with Crippen molar-refractivity contribution in [3.05, 3.63) is 56.5 Å². The lowest BCUT2D eigenvalue weighted by molar-refractivity contribution is 0.624. The Morgan fingerprint density at radius 3 is 2.53 bits per heavy atom. The average Bonchev–Trinajstić information content (AvgIpc) is 2.65. The van der Waals surface area contributed by atoms with E-state index in [2.05, 4.69) is 25.2 Å². The van der Waals surface area contributed by atoms with Crippen LogP contribution < -0.4 is 5.32 Å². The first kappa shape index (κ1) is 14.2. The van der Waals surface area contributed by atoms with Gasteiger partial charge < -0.3 is 5.32 Å². The Morgan fingerprint density at radius 2 is 1.89 bits per heavy atom. The molecule has 1 nitrogen and oxygen atoms in total. The van der Waals surface area contributed by atoms with Gasteiger partial charge in [0.05, 0.1) is 0 Å². The van der Waals surface area contributed by atoms with Gasteiger partial charge >= 0.3 is 0 Å². The van der Waals surface area contributed by atoms with Crippen LogP contribution >= 0.6 is 11.3 Å². The molecule has 0 aliphatic rings. The molecule has 0 fully saturated rings. The van der Waals surface area contributed by atoms with Crippen LogP contribution in [-0.4, -0.2) is 6.54 Å². The van der Waals surface area contributed by atoms with Crippen LogP contribution in [0, 0.1) is 26.6 Å². The predicted molar refractivity (Wildman–Crippen MR) is 80.3 cm³/mol. The molecule has 1 heterocycles. The minimum atomic E-state index is -0.154. The third kappa shape index (κ3) is 3.88. The van der Waals surface area contributed by atoms with Crippen LogP contribution in [0.5, 0.6) is 0 Å². The Labute approximate surface area is 118 Å². The molecule has 0 spiro atoms. The van der Waals surface area contributed by atoms with E-state index in [9.17, 15) is 4.39 Å². The predicted octanol–water partition coefficient (Wildman–Crippen LogP) is 4.14. The summed E-state index contributed by atoms with van der Waals surface area (Å²) in [4.78, 5) is 2.76. The maximum Gasteiger partial charge on any atom is 0.123 e. The standard InChI is InChI=1S/C16H20FNS/c1-11-8-16(17)5-4-14(11)6-7-18-10-15-9-12(2)19-13(15)3/h4-5,8-9,18H,6-7,10H2,1-3H3. The highest BCUT2D eigenvalue weighted by atomic mass is 32.1. The zero-order chi connectivity index (χ0) is 13.8. The van der Waals surface area contributed by atoms with Gasteiger partial charge in [-0.1, -0.05) is 6.07 Å². The topological polar surface area (TPSA) is 12.0 Å². The Balaban J connectivity index is 1.82. The molecule has 0 saturated heterocycles.